The summed E-state index contributed by atoms with van der Waals surface area (Å²) in [5, 5.41) is 7.16. The van der Waals surface area contributed by atoms with E-state index >= 15 is 0 Å². The van der Waals surface area contributed by atoms with E-state index in [0.717, 1.165) is 17.7 Å². The Bertz CT molecular complexity index is 610. The second-order valence-corrected chi connectivity index (χ2v) is 4.72. The highest BCUT2D eigenvalue weighted by atomic mass is 16.5. The van der Waals surface area contributed by atoms with Crippen molar-refractivity contribution in [3.8, 4) is 0 Å². The zero-order valence-corrected chi connectivity index (χ0v) is 12.4. The Hall–Kier alpha value is -2.37. The van der Waals surface area contributed by atoms with E-state index < -0.39 is 0 Å². The molecule has 1 aromatic carbocycles. The Morgan fingerprint density at radius 2 is 2.29 bits per heavy atom. The Morgan fingerprint density at radius 3 is 2.95 bits per heavy atom. The molecule has 0 amide bonds. The topological polar surface area (TPSA) is 77.2 Å². The molecule has 1 N–H and O–H groups in total. The van der Waals surface area contributed by atoms with Crippen molar-refractivity contribution in [1.29, 1.82) is 0 Å². The lowest BCUT2D eigenvalue weighted by Gasteiger charge is -2.12. The first-order valence-electron chi connectivity index (χ1n) is 6.87. The lowest BCUT2D eigenvalue weighted by atomic mass is 10.1. The molecule has 1 atom stereocenters. The lowest BCUT2D eigenvalue weighted by Crippen LogP contribution is -2.08. The van der Waals surface area contributed by atoms with Gasteiger partial charge < -0.3 is 14.6 Å². The number of methoxy groups -OCH3 is 1. The number of nitrogens with one attached hydrogen (secondary N) is 1. The largest absolute Gasteiger partial charge is 0.469 e. The minimum atomic E-state index is -0.260. The molecule has 1 heterocycles. The molecule has 0 aliphatic carbocycles. The van der Waals surface area contributed by atoms with Crippen molar-refractivity contribution in [3.05, 3.63) is 41.5 Å². The predicted octanol–water partition coefficient (Wildman–Crippen LogP) is 2.52. The molecule has 21 heavy (non-hydrogen) atoms. The molecule has 0 spiro atoms. The minimum Gasteiger partial charge on any atom is -0.469 e. The molecule has 0 radical (unpaired) electrons. The van der Waals surface area contributed by atoms with Crippen LogP contribution in [0.2, 0.25) is 0 Å². The van der Waals surface area contributed by atoms with Crippen molar-refractivity contribution in [1.82, 2.24) is 10.1 Å². The molecular weight excluding hydrogens is 270 g/mol. The molecule has 2 rings (SSSR count). The van der Waals surface area contributed by atoms with Gasteiger partial charge in [0.05, 0.1) is 13.5 Å². The lowest BCUT2D eigenvalue weighted by molar-refractivity contribution is -0.139. The van der Waals surface area contributed by atoms with E-state index in [1.807, 2.05) is 38.1 Å². The van der Waals surface area contributed by atoms with Crippen LogP contribution < -0.4 is 5.32 Å². The number of rotatable bonds is 6. The van der Waals surface area contributed by atoms with Crippen molar-refractivity contribution in [3.63, 3.8) is 0 Å². The number of carbonyl (C=O) groups is 1. The Labute approximate surface area is 123 Å². The highest BCUT2D eigenvalue weighted by Gasteiger charge is 2.13. The first kappa shape index (κ1) is 15.0. The molecule has 112 valence electrons. The van der Waals surface area contributed by atoms with E-state index in [1.165, 1.54) is 7.11 Å². The van der Waals surface area contributed by atoms with Gasteiger partial charge in [-0.3, -0.25) is 4.79 Å². The fraction of sp³-hybridized carbons (Fsp3) is 0.400. The van der Waals surface area contributed by atoms with E-state index in [1.54, 1.807) is 0 Å². The van der Waals surface area contributed by atoms with Gasteiger partial charge in [-0.25, -0.2) is 0 Å². The molecule has 0 saturated heterocycles. The monoisotopic (exact) mass is 289 g/mol. The summed E-state index contributed by atoms with van der Waals surface area (Å²) < 4.78 is 9.87. The summed E-state index contributed by atoms with van der Waals surface area (Å²) in [4.78, 5) is 15.6. The van der Waals surface area contributed by atoms with Crippen LogP contribution in [0.1, 0.15) is 37.2 Å². The highest BCUT2D eigenvalue weighted by Crippen LogP contribution is 2.19. The van der Waals surface area contributed by atoms with Crippen molar-refractivity contribution in [2.24, 2.45) is 0 Å². The number of carbonyl (C=O) groups excluding carboxylic acids is 1. The zero-order chi connectivity index (χ0) is 15.2. The SMILES string of the molecule is CCc1noc(C(C)Nc2cccc(CC(=O)OC)c2)n1. The van der Waals surface area contributed by atoms with E-state index in [9.17, 15) is 4.79 Å². The molecule has 0 saturated carbocycles. The summed E-state index contributed by atoms with van der Waals surface area (Å²) in [5.41, 5.74) is 1.78. The second-order valence-electron chi connectivity index (χ2n) is 4.72. The molecule has 0 aliphatic heterocycles. The molecule has 1 unspecified atom stereocenters. The Kier molecular flexibility index (Phi) is 4.92. The van der Waals surface area contributed by atoms with Crippen molar-refractivity contribution >= 4 is 11.7 Å². The number of esters is 1. The van der Waals surface area contributed by atoms with Crippen LogP contribution in [0.4, 0.5) is 5.69 Å². The van der Waals surface area contributed by atoms with Gasteiger partial charge in [0.2, 0.25) is 5.89 Å². The summed E-state index contributed by atoms with van der Waals surface area (Å²) in [6.07, 6.45) is 0.992. The van der Waals surface area contributed by atoms with Crippen LogP contribution in [-0.4, -0.2) is 23.2 Å². The second kappa shape index (κ2) is 6.88. The maximum atomic E-state index is 11.3. The number of nitrogens with zero attached hydrogens (tertiary/aromatic N) is 2. The van der Waals surface area contributed by atoms with Gasteiger partial charge in [-0.2, -0.15) is 4.98 Å². The number of ether oxygens (including phenoxy) is 1. The highest BCUT2D eigenvalue weighted by molar-refractivity contribution is 5.72. The van der Waals surface area contributed by atoms with Crippen LogP contribution in [0, 0.1) is 0 Å². The molecule has 2 aromatic rings. The molecule has 6 nitrogen and oxygen atoms in total. The minimum absolute atomic E-state index is 0.105. The van der Waals surface area contributed by atoms with Gasteiger partial charge in [0.1, 0.15) is 6.04 Å². The third kappa shape index (κ3) is 4.05. The number of anilines is 1. The number of aromatic nitrogens is 2. The van der Waals surface area contributed by atoms with Gasteiger partial charge in [-0.1, -0.05) is 24.2 Å². The van der Waals surface area contributed by atoms with E-state index in [2.05, 4.69) is 20.2 Å². The van der Waals surface area contributed by atoms with Crippen LogP contribution in [0.25, 0.3) is 0 Å². The molecule has 0 bridgehead atoms. The van der Waals surface area contributed by atoms with Crippen molar-refractivity contribution < 1.29 is 14.1 Å². The number of hydrogen-bond acceptors (Lipinski definition) is 6. The maximum Gasteiger partial charge on any atom is 0.309 e. The zero-order valence-electron chi connectivity index (χ0n) is 12.4. The van der Waals surface area contributed by atoms with Crippen LogP contribution in [0.15, 0.2) is 28.8 Å². The first-order chi connectivity index (χ1) is 10.1. The molecule has 0 aliphatic rings. The quantitative estimate of drug-likeness (QED) is 0.823. The fourth-order valence-corrected chi connectivity index (χ4v) is 1.91. The van der Waals surface area contributed by atoms with Gasteiger partial charge in [0.15, 0.2) is 5.82 Å². The average Bonchev–Trinajstić information content (AvgIpc) is 2.96. The Morgan fingerprint density at radius 1 is 1.48 bits per heavy atom. The van der Waals surface area contributed by atoms with Gasteiger partial charge in [-0.05, 0) is 24.6 Å². The van der Waals surface area contributed by atoms with E-state index in [0.29, 0.717) is 11.7 Å². The standard InChI is InChI=1S/C15H19N3O3/c1-4-13-17-15(21-18-13)10(2)16-12-7-5-6-11(8-12)9-14(19)20-3/h5-8,10,16H,4,9H2,1-3H3. The number of hydrogen-bond donors (Lipinski definition) is 1. The van der Waals surface area contributed by atoms with Gasteiger partial charge in [0.25, 0.3) is 0 Å². The number of benzene rings is 1. The van der Waals surface area contributed by atoms with Gasteiger partial charge >= 0.3 is 5.97 Å². The van der Waals surface area contributed by atoms with Crippen LogP contribution in [-0.2, 0) is 22.4 Å². The molecule has 0 fully saturated rings. The van der Waals surface area contributed by atoms with Gasteiger partial charge in [0, 0.05) is 12.1 Å². The van der Waals surface area contributed by atoms with Crippen LogP contribution in [0.3, 0.4) is 0 Å². The van der Waals surface area contributed by atoms with Crippen molar-refractivity contribution in [2.45, 2.75) is 32.7 Å². The summed E-state index contributed by atoms with van der Waals surface area (Å²) in [6, 6.07) is 7.50. The molecule has 1 aromatic heterocycles. The van der Waals surface area contributed by atoms with E-state index in [4.69, 9.17) is 4.52 Å². The fourth-order valence-electron chi connectivity index (χ4n) is 1.91. The summed E-state index contributed by atoms with van der Waals surface area (Å²) in [6.45, 7) is 3.92. The summed E-state index contributed by atoms with van der Waals surface area (Å²) in [5.74, 6) is 0.980. The third-order valence-electron chi connectivity index (χ3n) is 3.06. The third-order valence-corrected chi connectivity index (χ3v) is 3.06. The Balaban J connectivity index is 2.04. The average molecular weight is 289 g/mol. The summed E-state index contributed by atoms with van der Waals surface area (Å²) >= 11 is 0. The van der Waals surface area contributed by atoms with E-state index in [-0.39, 0.29) is 18.4 Å². The van der Waals surface area contributed by atoms with Gasteiger partial charge in [-0.15, -0.1) is 0 Å². The first-order valence-corrected chi connectivity index (χ1v) is 6.87. The maximum absolute atomic E-state index is 11.3. The predicted molar refractivity (Wildman–Crippen MR) is 77.9 cm³/mol. The number of aryl methyl sites for hydroxylation is 1. The molecule has 6 heteroatoms. The van der Waals surface area contributed by atoms with Crippen LogP contribution in [0.5, 0.6) is 0 Å². The normalized spacial score (nSPS) is 12.0. The smallest absolute Gasteiger partial charge is 0.309 e. The summed E-state index contributed by atoms with van der Waals surface area (Å²) in [7, 11) is 1.38. The van der Waals surface area contributed by atoms with Crippen molar-refractivity contribution in [2.75, 3.05) is 12.4 Å². The van der Waals surface area contributed by atoms with Crippen LogP contribution >= 0.6 is 0 Å². The molecular formula is C15H19N3O3.